The number of rotatable bonds is 3. The van der Waals surface area contributed by atoms with Crippen LogP contribution in [0.15, 0.2) is 47.5 Å². The summed E-state index contributed by atoms with van der Waals surface area (Å²) in [6.07, 6.45) is 1.35. The van der Waals surface area contributed by atoms with Crippen LogP contribution in [-0.2, 0) is 10.0 Å². The van der Waals surface area contributed by atoms with E-state index in [9.17, 15) is 12.8 Å². The Labute approximate surface area is 108 Å². The lowest BCUT2D eigenvalue weighted by Crippen LogP contribution is -2.15. The normalized spacial score (nSPS) is 11.2. The minimum Gasteiger partial charge on any atom is -0.263 e. The van der Waals surface area contributed by atoms with E-state index in [4.69, 9.17) is 11.6 Å². The van der Waals surface area contributed by atoms with Crippen molar-refractivity contribution >= 4 is 27.4 Å². The minimum atomic E-state index is -4.01. The zero-order valence-corrected chi connectivity index (χ0v) is 10.5. The summed E-state index contributed by atoms with van der Waals surface area (Å²) < 4.78 is 39.4. The Hall–Kier alpha value is -1.66. The largest absolute Gasteiger partial charge is 0.265 e. The van der Waals surface area contributed by atoms with Crippen LogP contribution in [0.2, 0.25) is 5.02 Å². The Bertz CT molecular complexity index is 676. The van der Waals surface area contributed by atoms with Gasteiger partial charge >= 0.3 is 0 Å². The van der Waals surface area contributed by atoms with Gasteiger partial charge in [-0.1, -0.05) is 23.7 Å². The Kier molecular flexibility index (Phi) is 3.49. The van der Waals surface area contributed by atoms with Crippen LogP contribution in [0, 0.1) is 5.82 Å². The molecular weight excluding hydrogens is 279 g/mol. The van der Waals surface area contributed by atoms with E-state index in [2.05, 4.69) is 9.71 Å². The number of sulfonamides is 1. The molecule has 0 amide bonds. The quantitative estimate of drug-likeness (QED) is 0.944. The van der Waals surface area contributed by atoms with Crippen molar-refractivity contribution in [1.82, 2.24) is 4.98 Å². The summed E-state index contributed by atoms with van der Waals surface area (Å²) in [5.41, 5.74) is 0. The van der Waals surface area contributed by atoms with Gasteiger partial charge in [0, 0.05) is 17.3 Å². The number of benzene rings is 1. The van der Waals surface area contributed by atoms with E-state index >= 15 is 0 Å². The van der Waals surface area contributed by atoms with Gasteiger partial charge < -0.3 is 0 Å². The molecule has 0 saturated carbocycles. The first kappa shape index (κ1) is 12.8. The molecule has 0 saturated heterocycles. The summed E-state index contributed by atoms with van der Waals surface area (Å²) in [6.45, 7) is 0. The highest BCUT2D eigenvalue weighted by atomic mass is 35.5. The molecule has 1 heterocycles. The highest BCUT2D eigenvalue weighted by Crippen LogP contribution is 2.19. The predicted octanol–water partition coefficient (Wildman–Crippen LogP) is 2.67. The van der Waals surface area contributed by atoms with Crippen LogP contribution in [0.5, 0.6) is 0 Å². The molecule has 1 N–H and O–H groups in total. The lowest BCUT2D eigenvalue weighted by Gasteiger charge is -2.07. The summed E-state index contributed by atoms with van der Waals surface area (Å²) in [5, 5.41) is 0.330. The number of nitrogens with one attached hydrogen (secondary N) is 1. The van der Waals surface area contributed by atoms with Gasteiger partial charge in [0.05, 0.1) is 0 Å². The summed E-state index contributed by atoms with van der Waals surface area (Å²) >= 11 is 5.70. The van der Waals surface area contributed by atoms with Gasteiger partial charge in [0.2, 0.25) is 0 Å². The van der Waals surface area contributed by atoms with E-state index in [1.165, 1.54) is 36.5 Å². The lowest BCUT2D eigenvalue weighted by atomic mass is 10.4. The molecule has 0 fully saturated rings. The van der Waals surface area contributed by atoms with Crippen molar-refractivity contribution in [1.29, 1.82) is 0 Å². The smallest absolute Gasteiger partial charge is 0.263 e. The van der Waals surface area contributed by atoms with Crippen molar-refractivity contribution in [3.8, 4) is 0 Å². The molecule has 7 heteroatoms. The van der Waals surface area contributed by atoms with E-state index in [0.29, 0.717) is 5.02 Å². The molecule has 0 spiro atoms. The Balaban J connectivity index is 2.37. The van der Waals surface area contributed by atoms with E-state index in [1.807, 2.05) is 0 Å². The van der Waals surface area contributed by atoms with Crippen LogP contribution in [0.4, 0.5) is 10.2 Å². The van der Waals surface area contributed by atoms with Gasteiger partial charge in [0.1, 0.15) is 16.5 Å². The first-order chi connectivity index (χ1) is 8.49. The van der Waals surface area contributed by atoms with Gasteiger partial charge in [-0.05, 0) is 18.2 Å². The summed E-state index contributed by atoms with van der Waals surface area (Å²) in [6, 6.07) is 7.92. The van der Waals surface area contributed by atoms with Gasteiger partial charge in [-0.15, -0.1) is 0 Å². The highest BCUT2D eigenvalue weighted by molar-refractivity contribution is 7.92. The van der Waals surface area contributed by atoms with Crippen LogP contribution >= 0.6 is 11.6 Å². The first-order valence-corrected chi connectivity index (χ1v) is 6.74. The monoisotopic (exact) mass is 286 g/mol. The predicted molar refractivity (Wildman–Crippen MR) is 66.5 cm³/mol. The van der Waals surface area contributed by atoms with Crippen LogP contribution in [0.3, 0.4) is 0 Å². The second-order valence-electron chi connectivity index (χ2n) is 3.40. The van der Waals surface area contributed by atoms with E-state index < -0.39 is 20.7 Å². The highest BCUT2D eigenvalue weighted by Gasteiger charge is 2.18. The third-order valence-electron chi connectivity index (χ3n) is 2.09. The molecule has 2 rings (SSSR count). The Morgan fingerprint density at radius 3 is 2.61 bits per heavy atom. The number of hydrogen-bond acceptors (Lipinski definition) is 3. The van der Waals surface area contributed by atoms with Gasteiger partial charge in [-0.3, -0.25) is 4.72 Å². The molecule has 18 heavy (non-hydrogen) atoms. The number of anilines is 1. The molecule has 0 unspecified atom stereocenters. The zero-order chi connectivity index (χ0) is 13.2. The maximum Gasteiger partial charge on any atom is 0.265 e. The van der Waals surface area contributed by atoms with Gasteiger partial charge in [0.25, 0.3) is 10.0 Å². The second-order valence-corrected chi connectivity index (χ2v) is 5.48. The molecule has 0 atom stereocenters. The lowest BCUT2D eigenvalue weighted by molar-refractivity contribution is 0.570. The number of aromatic nitrogens is 1. The third kappa shape index (κ3) is 2.77. The molecule has 0 aliphatic heterocycles. The Morgan fingerprint density at radius 1 is 1.22 bits per heavy atom. The van der Waals surface area contributed by atoms with E-state index in [0.717, 1.165) is 6.07 Å². The topological polar surface area (TPSA) is 59.1 Å². The Morgan fingerprint density at radius 2 is 1.94 bits per heavy atom. The molecule has 0 radical (unpaired) electrons. The molecule has 0 bridgehead atoms. The minimum absolute atomic E-state index is 0.0331. The van der Waals surface area contributed by atoms with Crippen LogP contribution in [0.25, 0.3) is 0 Å². The number of hydrogen-bond donors (Lipinski definition) is 1. The fourth-order valence-electron chi connectivity index (χ4n) is 1.32. The molecule has 2 aromatic rings. The van der Waals surface area contributed by atoms with Crippen molar-refractivity contribution in [3.63, 3.8) is 0 Å². The summed E-state index contributed by atoms with van der Waals surface area (Å²) in [4.78, 5) is 3.34. The van der Waals surface area contributed by atoms with Gasteiger partial charge in [-0.25, -0.2) is 17.8 Å². The third-order valence-corrected chi connectivity index (χ3v) is 3.71. The maximum atomic E-state index is 13.4. The molecule has 0 aliphatic carbocycles. The van der Waals surface area contributed by atoms with Crippen molar-refractivity contribution in [2.45, 2.75) is 4.90 Å². The summed E-state index contributed by atoms with van der Waals surface area (Å²) in [7, 11) is -4.01. The standard InChI is InChI=1S/C11H8ClFN2O2S/c12-8-5-6-14-11(7-8)15-18(16,17)10-4-2-1-3-9(10)13/h1-7H,(H,14,15). The van der Waals surface area contributed by atoms with Crippen molar-refractivity contribution in [2.24, 2.45) is 0 Å². The maximum absolute atomic E-state index is 13.4. The molecule has 1 aromatic heterocycles. The molecule has 0 aliphatic rings. The van der Waals surface area contributed by atoms with Crippen molar-refractivity contribution in [2.75, 3.05) is 4.72 Å². The molecule has 1 aromatic carbocycles. The van der Waals surface area contributed by atoms with Crippen LogP contribution in [0.1, 0.15) is 0 Å². The second kappa shape index (κ2) is 4.91. The molecular formula is C11H8ClFN2O2S. The average molecular weight is 287 g/mol. The number of nitrogens with zero attached hydrogens (tertiary/aromatic N) is 1. The SMILES string of the molecule is O=S(=O)(Nc1cc(Cl)ccn1)c1ccccc1F. The fourth-order valence-corrected chi connectivity index (χ4v) is 2.55. The zero-order valence-electron chi connectivity index (χ0n) is 8.97. The van der Waals surface area contributed by atoms with E-state index in [-0.39, 0.29) is 5.82 Å². The number of halogens is 2. The van der Waals surface area contributed by atoms with E-state index in [1.54, 1.807) is 0 Å². The number of pyridine rings is 1. The average Bonchev–Trinajstić information content (AvgIpc) is 2.28. The first-order valence-electron chi connectivity index (χ1n) is 4.88. The fraction of sp³-hybridized carbons (Fsp3) is 0. The van der Waals surface area contributed by atoms with Gasteiger partial charge in [-0.2, -0.15) is 0 Å². The molecule has 4 nitrogen and oxygen atoms in total. The van der Waals surface area contributed by atoms with Gasteiger partial charge in [0.15, 0.2) is 0 Å². The summed E-state index contributed by atoms with van der Waals surface area (Å²) in [5.74, 6) is -0.794. The van der Waals surface area contributed by atoms with Crippen LogP contribution in [-0.4, -0.2) is 13.4 Å². The van der Waals surface area contributed by atoms with Crippen molar-refractivity contribution in [3.05, 3.63) is 53.4 Å². The van der Waals surface area contributed by atoms with Crippen molar-refractivity contribution < 1.29 is 12.8 Å². The van der Waals surface area contributed by atoms with Crippen LogP contribution < -0.4 is 4.72 Å². The molecule has 94 valence electrons.